The molecule has 0 radical (unpaired) electrons. The molecule has 0 N–H and O–H groups in total. The highest BCUT2D eigenvalue weighted by atomic mass is 16.5. The molecule has 50 heavy (non-hydrogen) atoms. The van der Waals surface area contributed by atoms with Crippen LogP contribution in [0.4, 0.5) is 0 Å². The third-order valence-electron chi connectivity index (χ3n) is 10.3. The van der Waals surface area contributed by atoms with Crippen molar-refractivity contribution >= 4 is 0 Å². The van der Waals surface area contributed by atoms with Crippen LogP contribution in [0, 0.1) is 5.92 Å². The summed E-state index contributed by atoms with van der Waals surface area (Å²) >= 11 is 0. The van der Waals surface area contributed by atoms with Crippen LogP contribution >= 0.6 is 0 Å². The molecular weight excluding hydrogens is 613 g/mol. The van der Waals surface area contributed by atoms with Crippen LogP contribution in [0.2, 0.25) is 0 Å². The summed E-state index contributed by atoms with van der Waals surface area (Å²) in [6.45, 7) is 0. The van der Waals surface area contributed by atoms with E-state index in [9.17, 15) is 0 Å². The summed E-state index contributed by atoms with van der Waals surface area (Å²) in [5.41, 5.74) is 9.04. The maximum atomic E-state index is 6.81. The van der Waals surface area contributed by atoms with Gasteiger partial charge in [-0.05, 0) is 35.4 Å². The number of benzene rings is 5. The van der Waals surface area contributed by atoms with Crippen molar-refractivity contribution < 1.29 is 4.74 Å². The van der Waals surface area contributed by atoms with Crippen molar-refractivity contribution in [2.75, 3.05) is 0 Å². The first-order chi connectivity index (χ1) is 24.8. The number of rotatable bonds is 4. The number of hydrogen-bond donors (Lipinski definition) is 0. The van der Waals surface area contributed by atoms with Crippen LogP contribution in [-0.4, -0.2) is 19.9 Å². The Labute approximate surface area is 290 Å². The number of nitrogens with zero attached hydrogens (tertiary/aromatic N) is 4. The molecule has 5 aromatic carbocycles. The van der Waals surface area contributed by atoms with E-state index in [4.69, 9.17) is 24.7 Å². The first kappa shape index (κ1) is 28.5. The van der Waals surface area contributed by atoms with Crippen LogP contribution in [0.3, 0.4) is 0 Å². The number of pyridine rings is 1. The quantitative estimate of drug-likeness (QED) is 0.191. The molecule has 7 aromatic rings. The van der Waals surface area contributed by atoms with Gasteiger partial charge in [-0.3, -0.25) is 4.98 Å². The van der Waals surface area contributed by atoms with Gasteiger partial charge in [0.05, 0.1) is 11.1 Å². The lowest BCUT2D eigenvalue weighted by atomic mass is 9.62. The molecule has 0 saturated heterocycles. The van der Waals surface area contributed by atoms with E-state index >= 15 is 0 Å². The van der Waals surface area contributed by atoms with Gasteiger partial charge in [0.25, 0.3) is 0 Å². The normalized spacial score (nSPS) is 19.3. The van der Waals surface area contributed by atoms with Gasteiger partial charge < -0.3 is 4.74 Å². The third kappa shape index (κ3) is 4.26. The maximum absolute atomic E-state index is 6.81. The molecule has 0 fully saturated rings. The first-order valence-corrected chi connectivity index (χ1v) is 17.0. The fraction of sp³-hybridized carbons (Fsp3) is 0.0667. The molecule has 0 saturated carbocycles. The Morgan fingerprint density at radius 1 is 0.500 bits per heavy atom. The Bertz CT molecular complexity index is 2430. The van der Waals surface area contributed by atoms with Crippen molar-refractivity contribution in [3.63, 3.8) is 0 Å². The van der Waals surface area contributed by atoms with E-state index < -0.39 is 5.41 Å². The van der Waals surface area contributed by atoms with E-state index in [1.165, 1.54) is 16.7 Å². The second-order valence-corrected chi connectivity index (χ2v) is 13.0. The van der Waals surface area contributed by atoms with Gasteiger partial charge in [0.2, 0.25) is 0 Å². The minimum absolute atomic E-state index is 0.211. The number of hydrogen-bond acceptors (Lipinski definition) is 5. The fourth-order valence-corrected chi connectivity index (χ4v) is 8.26. The lowest BCUT2D eigenvalue weighted by molar-refractivity contribution is 0.374. The molecule has 0 amide bonds. The highest BCUT2D eigenvalue weighted by Crippen LogP contribution is 2.64. The summed E-state index contributed by atoms with van der Waals surface area (Å²) in [6.07, 6.45) is 10.9. The molecule has 2 aromatic heterocycles. The highest BCUT2D eigenvalue weighted by molar-refractivity contribution is 5.81. The Kier molecular flexibility index (Phi) is 6.46. The Balaban J connectivity index is 1.16. The van der Waals surface area contributed by atoms with Gasteiger partial charge in [-0.25, -0.2) is 15.0 Å². The standard InChI is InChI=1S/C45H30N4O/c1-3-14-29(15-4-1)42-47-43(30-16-5-2-6-17-30)49-44(48-42)34-20-13-27-46-41(34)31-25-26-38-40(28-31)50-39-24-12-11-23-37(39)45(38)35-21-9-7-18-32(35)33-19-8-10-22-36(33)45/h1-28,32,35H. The van der Waals surface area contributed by atoms with Crippen LogP contribution in [0.1, 0.15) is 28.2 Å². The second kappa shape index (κ2) is 11.3. The van der Waals surface area contributed by atoms with Gasteiger partial charge >= 0.3 is 0 Å². The average Bonchev–Trinajstić information content (AvgIpc) is 3.49. The molecule has 0 bridgehead atoms. The smallest absolute Gasteiger partial charge is 0.166 e. The predicted molar refractivity (Wildman–Crippen MR) is 197 cm³/mol. The predicted octanol–water partition coefficient (Wildman–Crippen LogP) is 10.2. The largest absolute Gasteiger partial charge is 0.457 e. The molecule has 5 heteroatoms. The summed E-state index contributed by atoms with van der Waals surface area (Å²) in [4.78, 5) is 19.9. The van der Waals surface area contributed by atoms with E-state index in [2.05, 4.69) is 91.0 Å². The summed E-state index contributed by atoms with van der Waals surface area (Å²) in [6, 6.07) is 48.1. The van der Waals surface area contributed by atoms with Crippen LogP contribution in [-0.2, 0) is 5.41 Å². The number of para-hydroxylation sites is 1. The zero-order valence-corrected chi connectivity index (χ0v) is 27.0. The number of aromatic nitrogens is 4. The molecule has 10 rings (SSSR count). The van der Waals surface area contributed by atoms with E-state index in [1.54, 1.807) is 0 Å². The number of allylic oxidation sites excluding steroid dienone is 4. The molecular formula is C45H30N4O. The van der Waals surface area contributed by atoms with Crippen molar-refractivity contribution in [3.8, 4) is 56.9 Å². The molecule has 3 heterocycles. The van der Waals surface area contributed by atoms with Gasteiger partial charge in [-0.2, -0.15) is 0 Å². The molecule has 2 aliphatic carbocycles. The van der Waals surface area contributed by atoms with Crippen LogP contribution in [0.5, 0.6) is 11.5 Å². The van der Waals surface area contributed by atoms with E-state index in [-0.39, 0.29) is 11.8 Å². The average molecular weight is 643 g/mol. The lowest BCUT2D eigenvalue weighted by Crippen LogP contribution is -2.37. The molecule has 5 nitrogen and oxygen atoms in total. The van der Waals surface area contributed by atoms with Crippen molar-refractivity contribution in [3.05, 3.63) is 192 Å². The topological polar surface area (TPSA) is 60.8 Å². The van der Waals surface area contributed by atoms with E-state index in [0.29, 0.717) is 17.5 Å². The second-order valence-electron chi connectivity index (χ2n) is 13.0. The minimum atomic E-state index is -0.401. The van der Waals surface area contributed by atoms with Crippen molar-refractivity contribution in [1.82, 2.24) is 19.9 Å². The van der Waals surface area contributed by atoms with E-state index in [0.717, 1.165) is 45.0 Å². The summed E-state index contributed by atoms with van der Waals surface area (Å²) in [5.74, 6) is 3.99. The van der Waals surface area contributed by atoms with Gasteiger partial charge in [-0.15, -0.1) is 0 Å². The van der Waals surface area contributed by atoms with Crippen molar-refractivity contribution in [2.24, 2.45) is 5.92 Å². The minimum Gasteiger partial charge on any atom is -0.457 e. The Morgan fingerprint density at radius 2 is 1.14 bits per heavy atom. The van der Waals surface area contributed by atoms with Gasteiger partial charge in [0, 0.05) is 51.4 Å². The molecule has 3 unspecified atom stereocenters. The SMILES string of the molecule is C1=CC2c3ccccc3C3(c4ccccc4Oc4cc(-c5ncccc5-c5nc(-c6ccccc6)nc(-c6ccccc6)n5)ccc43)C2C=C1. The molecule has 1 aliphatic heterocycles. The van der Waals surface area contributed by atoms with Gasteiger partial charge in [0.15, 0.2) is 17.5 Å². The fourth-order valence-electron chi connectivity index (χ4n) is 8.26. The Hall–Kier alpha value is -6.46. The molecule has 3 atom stereocenters. The Morgan fingerprint density at radius 3 is 1.92 bits per heavy atom. The van der Waals surface area contributed by atoms with Crippen LogP contribution in [0.15, 0.2) is 170 Å². The summed E-state index contributed by atoms with van der Waals surface area (Å²) in [5, 5.41) is 0. The number of ether oxygens (including phenoxy) is 1. The lowest BCUT2D eigenvalue weighted by Gasteiger charge is -2.43. The van der Waals surface area contributed by atoms with Crippen molar-refractivity contribution in [2.45, 2.75) is 11.3 Å². The van der Waals surface area contributed by atoms with E-state index in [1.807, 2.05) is 79.0 Å². The van der Waals surface area contributed by atoms with Crippen LogP contribution < -0.4 is 4.74 Å². The molecule has 3 aliphatic rings. The zero-order valence-electron chi connectivity index (χ0n) is 27.0. The summed E-state index contributed by atoms with van der Waals surface area (Å²) in [7, 11) is 0. The van der Waals surface area contributed by atoms with Crippen LogP contribution in [0.25, 0.3) is 45.4 Å². The van der Waals surface area contributed by atoms with Gasteiger partial charge in [-0.1, -0.05) is 140 Å². The monoisotopic (exact) mass is 642 g/mol. The number of fused-ring (bicyclic) bond motifs is 9. The molecule has 1 spiro atoms. The third-order valence-corrected chi connectivity index (χ3v) is 10.3. The van der Waals surface area contributed by atoms with Crippen molar-refractivity contribution in [1.29, 1.82) is 0 Å². The maximum Gasteiger partial charge on any atom is 0.166 e. The first-order valence-electron chi connectivity index (χ1n) is 17.0. The van der Waals surface area contributed by atoms with Gasteiger partial charge in [0.1, 0.15) is 11.5 Å². The molecule has 236 valence electrons. The summed E-state index contributed by atoms with van der Waals surface area (Å²) < 4.78 is 6.81. The highest BCUT2D eigenvalue weighted by Gasteiger charge is 2.56. The zero-order chi connectivity index (χ0) is 33.1.